The smallest absolute Gasteiger partial charge is 0.310 e. The van der Waals surface area contributed by atoms with E-state index in [9.17, 15) is 10.1 Å². The minimum absolute atomic E-state index is 0.0320. The fraction of sp³-hybridized carbons (Fsp3) is 0.267. The number of hydrogen-bond acceptors (Lipinski definition) is 5. The minimum atomic E-state index is -0.438. The van der Waals surface area contributed by atoms with Gasteiger partial charge in [-0.1, -0.05) is 6.07 Å². The van der Waals surface area contributed by atoms with Crippen molar-refractivity contribution in [2.45, 2.75) is 20.1 Å². The van der Waals surface area contributed by atoms with Gasteiger partial charge in [0.1, 0.15) is 6.61 Å². The highest BCUT2D eigenvalue weighted by molar-refractivity contribution is 5.48. The second kappa shape index (κ2) is 6.81. The van der Waals surface area contributed by atoms with Gasteiger partial charge in [-0.05, 0) is 37.2 Å². The lowest BCUT2D eigenvalue weighted by Crippen LogP contribution is -2.06. The van der Waals surface area contributed by atoms with E-state index in [1.807, 2.05) is 20.0 Å². The summed E-state index contributed by atoms with van der Waals surface area (Å²) in [5, 5.41) is 14.1. The Kier molecular flexibility index (Phi) is 4.84. The SMILES string of the molecule is CNCc1ccc([N+](=O)[O-])c(OCc2cncc(C)c2)c1. The van der Waals surface area contributed by atoms with E-state index in [0.29, 0.717) is 6.54 Å². The quantitative estimate of drug-likeness (QED) is 0.652. The molecule has 0 atom stereocenters. The molecule has 1 aromatic heterocycles. The number of benzene rings is 1. The van der Waals surface area contributed by atoms with Gasteiger partial charge in [-0.3, -0.25) is 15.1 Å². The summed E-state index contributed by atoms with van der Waals surface area (Å²) in [5.41, 5.74) is 2.80. The first-order valence-corrected chi connectivity index (χ1v) is 6.55. The normalized spacial score (nSPS) is 10.4. The third-order valence-electron chi connectivity index (χ3n) is 2.93. The van der Waals surface area contributed by atoms with E-state index in [1.165, 1.54) is 6.07 Å². The number of hydrogen-bond donors (Lipinski definition) is 1. The van der Waals surface area contributed by atoms with E-state index in [2.05, 4.69) is 10.3 Å². The zero-order valence-corrected chi connectivity index (χ0v) is 12.0. The number of aromatic nitrogens is 1. The van der Waals surface area contributed by atoms with Crippen LogP contribution in [0, 0.1) is 17.0 Å². The van der Waals surface area contributed by atoms with Crippen LogP contribution in [-0.4, -0.2) is 17.0 Å². The number of ether oxygens (including phenoxy) is 1. The van der Waals surface area contributed by atoms with Crippen molar-refractivity contribution in [2.24, 2.45) is 0 Å². The molecule has 0 saturated carbocycles. The molecule has 1 N–H and O–H groups in total. The number of nitrogens with zero attached hydrogens (tertiary/aromatic N) is 2. The molecular formula is C15H17N3O3. The molecule has 1 heterocycles. The van der Waals surface area contributed by atoms with Crippen molar-refractivity contribution in [3.63, 3.8) is 0 Å². The van der Waals surface area contributed by atoms with Gasteiger partial charge in [-0.15, -0.1) is 0 Å². The lowest BCUT2D eigenvalue weighted by Gasteiger charge is -2.09. The molecule has 0 aliphatic rings. The average Bonchev–Trinajstić information content (AvgIpc) is 2.45. The van der Waals surface area contributed by atoms with E-state index in [1.54, 1.807) is 24.5 Å². The van der Waals surface area contributed by atoms with Gasteiger partial charge in [-0.25, -0.2) is 0 Å². The minimum Gasteiger partial charge on any atom is -0.482 e. The van der Waals surface area contributed by atoms with Crippen LogP contribution >= 0.6 is 0 Å². The maximum Gasteiger partial charge on any atom is 0.310 e. The largest absolute Gasteiger partial charge is 0.482 e. The standard InChI is InChI=1S/C15H17N3O3/c1-11-5-13(9-17-7-11)10-21-15-6-12(8-16-2)3-4-14(15)18(19)20/h3-7,9,16H,8,10H2,1-2H3. The number of nitro benzene ring substituents is 1. The number of aryl methyl sites for hydroxylation is 1. The predicted molar refractivity (Wildman–Crippen MR) is 79.2 cm³/mol. The molecule has 6 nitrogen and oxygen atoms in total. The highest BCUT2D eigenvalue weighted by Crippen LogP contribution is 2.28. The van der Waals surface area contributed by atoms with Gasteiger partial charge in [-0.2, -0.15) is 0 Å². The molecule has 0 saturated heterocycles. The number of rotatable bonds is 6. The summed E-state index contributed by atoms with van der Waals surface area (Å²) in [4.78, 5) is 14.7. The van der Waals surface area contributed by atoms with Crippen molar-refractivity contribution in [1.29, 1.82) is 0 Å². The Balaban J connectivity index is 2.20. The number of pyridine rings is 1. The van der Waals surface area contributed by atoms with Crippen LogP contribution in [0.5, 0.6) is 5.75 Å². The molecule has 0 aliphatic heterocycles. The Bertz CT molecular complexity index is 644. The maximum absolute atomic E-state index is 11.1. The molecule has 2 rings (SSSR count). The van der Waals surface area contributed by atoms with Crippen LogP contribution in [0.15, 0.2) is 36.7 Å². The summed E-state index contributed by atoms with van der Waals surface area (Å²) in [7, 11) is 1.82. The van der Waals surface area contributed by atoms with Gasteiger partial charge in [0.15, 0.2) is 5.75 Å². The molecule has 0 unspecified atom stereocenters. The first kappa shape index (κ1) is 14.9. The van der Waals surface area contributed by atoms with E-state index in [-0.39, 0.29) is 18.0 Å². The van der Waals surface area contributed by atoms with Crippen molar-refractivity contribution >= 4 is 5.69 Å². The molecule has 0 radical (unpaired) electrons. The third kappa shape index (κ3) is 4.00. The Morgan fingerprint density at radius 2 is 2.10 bits per heavy atom. The van der Waals surface area contributed by atoms with Gasteiger partial charge in [0.2, 0.25) is 0 Å². The van der Waals surface area contributed by atoms with Crippen LogP contribution in [0.1, 0.15) is 16.7 Å². The maximum atomic E-state index is 11.1. The molecule has 0 spiro atoms. The topological polar surface area (TPSA) is 77.3 Å². The molecule has 6 heteroatoms. The van der Waals surface area contributed by atoms with Crippen molar-refractivity contribution in [2.75, 3.05) is 7.05 Å². The zero-order chi connectivity index (χ0) is 15.2. The van der Waals surface area contributed by atoms with E-state index in [0.717, 1.165) is 16.7 Å². The molecule has 0 amide bonds. The third-order valence-corrected chi connectivity index (χ3v) is 2.93. The lowest BCUT2D eigenvalue weighted by atomic mass is 10.2. The molecule has 0 bridgehead atoms. The van der Waals surface area contributed by atoms with Gasteiger partial charge >= 0.3 is 5.69 Å². The van der Waals surface area contributed by atoms with Crippen LogP contribution in [0.3, 0.4) is 0 Å². The summed E-state index contributed by atoms with van der Waals surface area (Å²) >= 11 is 0. The van der Waals surface area contributed by atoms with Crippen molar-refractivity contribution < 1.29 is 9.66 Å². The van der Waals surface area contributed by atoms with Gasteiger partial charge < -0.3 is 10.1 Å². The summed E-state index contributed by atoms with van der Waals surface area (Å²) in [6, 6.07) is 6.82. The Hall–Kier alpha value is -2.47. The van der Waals surface area contributed by atoms with Crippen LogP contribution in [-0.2, 0) is 13.2 Å². The average molecular weight is 287 g/mol. The first-order chi connectivity index (χ1) is 10.1. The fourth-order valence-electron chi connectivity index (χ4n) is 2.00. The zero-order valence-electron chi connectivity index (χ0n) is 12.0. The molecular weight excluding hydrogens is 270 g/mol. The van der Waals surface area contributed by atoms with Crippen LogP contribution in [0.25, 0.3) is 0 Å². The second-order valence-corrected chi connectivity index (χ2v) is 4.75. The predicted octanol–water partition coefficient (Wildman–Crippen LogP) is 2.60. The summed E-state index contributed by atoms with van der Waals surface area (Å²) in [6.07, 6.45) is 3.44. The highest BCUT2D eigenvalue weighted by Gasteiger charge is 2.15. The Morgan fingerprint density at radius 1 is 1.29 bits per heavy atom. The van der Waals surface area contributed by atoms with Gasteiger partial charge in [0, 0.05) is 30.6 Å². The highest BCUT2D eigenvalue weighted by atomic mass is 16.6. The number of nitrogens with one attached hydrogen (secondary N) is 1. The fourth-order valence-corrected chi connectivity index (χ4v) is 2.00. The second-order valence-electron chi connectivity index (χ2n) is 4.75. The molecule has 21 heavy (non-hydrogen) atoms. The molecule has 110 valence electrons. The first-order valence-electron chi connectivity index (χ1n) is 6.55. The van der Waals surface area contributed by atoms with Crippen LogP contribution < -0.4 is 10.1 Å². The van der Waals surface area contributed by atoms with E-state index in [4.69, 9.17) is 4.74 Å². The molecule has 1 aromatic carbocycles. The van der Waals surface area contributed by atoms with Crippen molar-refractivity contribution in [3.05, 3.63) is 63.5 Å². The summed E-state index contributed by atoms with van der Waals surface area (Å²) in [5.74, 6) is 0.272. The van der Waals surface area contributed by atoms with Crippen molar-refractivity contribution in [3.8, 4) is 5.75 Å². The van der Waals surface area contributed by atoms with Crippen LogP contribution in [0.4, 0.5) is 5.69 Å². The monoisotopic (exact) mass is 287 g/mol. The van der Waals surface area contributed by atoms with Gasteiger partial charge in [0.05, 0.1) is 4.92 Å². The number of nitro groups is 1. The van der Waals surface area contributed by atoms with Gasteiger partial charge in [0.25, 0.3) is 0 Å². The summed E-state index contributed by atoms with van der Waals surface area (Å²) < 4.78 is 5.62. The Morgan fingerprint density at radius 3 is 2.76 bits per heavy atom. The molecule has 0 aliphatic carbocycles. The molecule has 2 aromatic rings. The van der Waals surface area contributed by atoms with E-state index >= 15 is 0 Å². The van der Waals surface area contributed by atoms with Crippen LogP contribution in [0.2, 0.25) is 0 Å². The van der Waals surface area contributed by atoms with E-state index < -0.39 is 4.92 Å². The summed E-state index contributed by atoms with van der Waals surface area (Å²) in [6.45, 7) is 2.81. The molecule has 0 fully saturated rings. The lowest BCUT2D eigenvalue weighted by molar-refractivity contribution is -0.386. The van der Waals surface area contributed by atoms with Crippen molar-refractivity contribution in [1.82, 2.24) is 10.3 Å². The Labute approximate surface area is 122 Å².